The predicted octanol–water partition coefficient (Wildman–Crippen LogP) is 0.846. The van der Waals surface area contributed by atoms with Crippen LogP contribution in [0.15, 0.2) is 29.2 Å². The van der Waals surface area contributed by atoms with Crippen LogP contribution < -0.4 is 10.6 Å². The normalized spacial score (nSPS) is 15.4. The van der Waals surface area contributed by atoms with E-state index in [0.717, 1.165) is 17.6 Å². The van der Waals surface area contributed by atoms with Gasteiger partial charge in [-0.25, -0.2) is 18.0 Å². The van der Waals surface area contributed by atoms with Crippen LogP contribution in [-0.2, 0) is 41.8 Å². The number of sulfone groups is 1. The number of rotatable bonds is 7. The molecule has 0 saturated carbocycles. The summed E-state index contributed by atoms with van der Waals surface area (Å²) in [5.41, 5.74) is 0.846. The highest BCUT2D eigenvalue weighted by molar-refractivity contribution is 7.90. The summed E-state index contributed by atoms with van der Waals surface area (Å²) in [5.74, 6) is -4.77. The zero-order valence-corrected chi connectivity index (χ0v) is 18.9. The van der Waals surface area contributed by atoms with Crippen molar-refractivity contribution < 1.29 is 42.5 Å². The number of benzene rings is 1. The number of carbonyl (C=O) groups excluding carboxylic acids is 2. The SMILES string of the molecule is CS(=O)(=O)c1ccc(CC(=O)NCC2OCCc3c2sc(NC(=O)C(=O)O)c3C(=O)O)cc1. The summed E-state index contributed by atoms with van der Waals surface area (Å²) in [6, 6.07) is 5.92. The van der Waals surface area contributed by atoms with Crippen LogP contribution in [0.5, 0.6) is 0 Å². The number of carboxylic acid groups (broad SMARTS) is 2. The van der Waals surface area contributed by atoms with Gasteiger partial charge in [-0.3, -0.25) is 9.59 Å². The van der Waals surface area contributed by atoms with Crippen LogP contribution in [0.2, 0.25) is 0 Å². The van der Waals surface area contributed by atoms with E-state index < -0.39 is 33.8 Å². The fourth-order valence-corrected chi connectivity index (χ4v) is 5.22. The molecule has 1 aliphatic rings. The number of carboxylic acids is 2. The average molecular weight is 497 g/mol. The van der Waals surface area contributed by atoms with E-state index >= 15 is 0 Å². The Morgan fingerprint density at radius 3 is 2.39 bits per heavy atom. The van der Waals surface area contributed by atoms with Crippen LogP contribution in [0.3, 0.4) is 0 Å². The van der Waals surface area contributed by atoms with Gasteiger partial charge in [0.2, 0.25) is 5.91 Å². The van der Waals surface area contributed by atoms with Gasteiger partial charge in [0.1, 0.15) is 11.1 Å². The minimum absolute atomic E-state index is 0.00560. The molecule has 0 bridgehead atoms. The smallest absolute Gasteiger partial charge is 0.394 e. The van der Waals surface area contributed by atoms with Gasteiger partial charge in [-0.1, -0.05) is 12.1 Å². The van der Waals surface area contributed by atoms with E-state index in [9.17, 15) is 32.7 Å². The maximum Gasteiger partial charge on any atom is 0.394 e. The van der Waals surface area contributed by atoms with Crippen molar-refractivity contribution in [2.45, 2.75) is 23.8 Å². The Morgan fingerprint density at radius 2 is 1.82 bits per heavy atom. The Bertz CT molecular complexity index is 1220. The van der Waals surface area contributed by atoms with Crippen LogP contribution in [-0.4, -0.2) is 61.8 Å². The van der Waals surface area contributed by atoms with Gasteiger partial charge in [0.25, 0.3) is 0 Å². The maximum absolute atomic E-state index is 12.4. The van der Waals surface area contributed by atoms with Gasteiger partial charge in [0, 0.05) is 17.7 Å². The first-order valence-corrected chi connectivity index (χ1v) is 12.3. The molecule has 4 N–H and O–H groups in total. The van der Waals surface area contributed by atoms with E-state index in [0.29, 0.717) is 16.0 Å². The van der Waals surface area contributed by atoms with Crippen molar-refractivity contribution in [2.24, 2.45) is 0 Å². The highest BCUT2D eigenvalue weighted by Gasteiger charge is 2.32. The number of aliphatic carboxylic acids is 1. The molecular formula is C20H20N2O9S2. The topological polar surface area (TPSA) is 176 Å². The second-order valence-electron chi connectivity index (χ2n) is 7.22. The third-order valence-electron chi connectivity index (χ3n) is 4.84. The quantitative estimate of drug-likeness (QED) is 0.405. The lowest BCUT2D eigenvalue weighted by molar-refractivity contribution is -0.147. The number of anilines is 1. The molecular weight excluding hydrogens is 476 g/mol. The van der Waals surface area contributed by atoms with Crippen LogP contribution in [0.1, 0.15) is 32.5 Å². The monoisotopic (exact) mass is 496 g/mol. The summed E-state index contributed by atoms with van der Waals surface area (Å²) in [4.78, 5) is 47.1. The van der Waals surface area contributed by atoms with Crippen LogP contribution in [0, 0.1) is 0 Å². The van der Waals surface area contributed by atoms with Crippen molar-refractivity contribution in [2.75, 3.05) is 24.7 Å². The molecule has 1 atom stereocenters. The summed E-state index contributed by atoms with van der Waals surface area (Å²) < 4.78 is 28.7. The standard InChI is InChI=1S/C20H20N2O9S2/c1-33(29,30)11-4-2-10(3-5-11)8-14(23)21-9-13-16-12(6-7-31-13)15(19(25)26)18(32-16)22-17(24)20(27)28/h2-5,13H,6-9H2,1H3,(H,21,23)(H,22,24)(H,25,26)(H,27,28). The van der Waals surface area contributed by atoms with Crippen molar-refractivity contribution in [1.82, 2.24) is 5.32 Å². The Hall–Kier alpha value is -3.29. The first-order valence-electron chi connectivity index (χ1n) is 9.57. The summed E-state index contributed by atoms with van der Waals surface area (Å²) in [6.45, 7) is 0.211. The molecule has 2 heterocycles. The summed E-state index contributed by atoms with van der Waals surface area (Å²) in [6.07, 6.45) is 0.664. The van der Waals surface area contributed by atoms with Crippen molar-refractivity contribution in [3.63, 3.8) is 0 Å². The van der Waals surface area contributed by atoms with Gasteiger partial charge in [-0.15, -0.1) is 11.3 Å². The number of hydrogen-bond donors (Lipinski definition) is 4. The zero-order valence-electron chi connectivity index (χ0n) is 17.3. The molecule has 0 aliphatic carbocycles. The van der Waals surface area contributed by atoms with E-state index in [1.54, 1.807) is 12.1 Å². The van der Waals surface area contributed by atoms with Gasteiger partial charge in [-0.2, -0.15) is 0 Å². The molecule has 176 valence electrons. The lowest BCUT2D eigenvalue weighted by atomic mass is 10.0. The lowest BCUT2D eigenvalue weighted by Gasteiger charge is -2.23. The second-order valence-corrected chi connectivity index (χ2v) is 10.3. The lowest BCUT2D eigenvalue weighted by Crippen LogP contribution is -2.32. The molecule has 1 unspecified atom stereocenters. The molecule has 13 heteroatoms. The Balaban J connectivity index is 1.71. The summed E-state index contributed by atoms with van der Waals surface area (Å²) in [7, 11) is -3.34. The Morgan fingerprint density at radius 1 is 1.15 bits per heavy atom. The number of hydrogen-bond acceptors (Lipinski definition) is 8. The number of ether oxygens (including phenoxy) is 1. The summed E-state index contributed by atoms with van der Waals surface area (Å²) >= 11 is 0.894. The molecule has 3 rings (SSSR count). The molecule has 1 aromatic heterocycles. The second kappa shape index (κ2) is 9.68. The van der Waals surface area contributed by atoms with Crippen molar-refractivity contribution >= 4 is 49.9 Å². The molecule has 0 saturated heterocycles. The number of thiophene rings is 1. The third kappa shape index (κ3) is 5.74. The van der Waals surface area contributed by atoms with Gasteiger partial charge in [-0.05, 0) is 29.7 Å². The Kier molecular flexibility index (Phi) is 7.15. The van der Waals surface area contributed by atoms with E-state index in [1.165, 1.54) is 12.1 Å². The number of fused-ring (bicyclic) bond motifs is 1. The first kappa shape index (κ1) is 24.4. The molecule has 33 heavy (non-hydrogen) atoms. The van der Waals surface area contributed by atoms with Crippen LogP contribution >= 0.6 is 11.3 Å². The zero-order chi connectivity index (χ0) is 24.3. The minimum Gasteiger partial charge on any atom is -0.478 e. The highest BCUT2D eigenvalue weighted by Crippen LogP contribution is 2.41. The Labute approximate surface area is 192 Å². The largest absolute Gasteiger partial charge is 0.478 e. The molecule has 2 aromatic rings. The number of aromatic carboxylic acids is 1. The van der Waals surface area contributed by atoms with Crippen molar-refractivity contribution in [1.29, 1.82) is 0 Å². The fourth-order valence-electron chi connectivity index (χ4n) is 3.30. The van der Waals surface area contributed by atoms with Gasteiger partial charge in [0.15, 0.2) is 9.84 Å². The average Bonchev–Trinajstić information content (AvgIpc) is 3.10. The molecule has 2 amide bonds. The third-order valence-corrected chi connectivity index (χ3v) is 7.21. The first-order chi connectivity index (χ1) is 15.5. The molecule has 0 radical (unpaired) electrons. The maximum atomic E-state index is 12.4. The van der Waals surface area contributed by atoms with E-state index in [-0.39, 0.29) is 47.4 Å². The molecule has 11 nitrogen and oxygen atoms in total. The molecule has 0 spiro atoms. The molecule has 0 fully saturated rings. The van der Waals surface area contributed by atoms with E-state index in [2.05, 4.69) is 10.6 Å². The van der Waals surface area contributed by atoms with Crippen molar-refractivity contribution in [3.8, 4) is 0 Å². The van der Waals surface area contributed by atoms with E-state index in [4.69, 9.17) is 9.84 Å². The van der Waals surface area contributed by atoms with Crippen molar-refractivity contribution in [3.05, 3.63) is 45.8 Å². The fraction of sp³-hybridized carbons (Fsp3) is 0.300. The minimum atomic E-state index is -3.34. The highest BCUT2D eigenvalue weighted by atomic mass is 32.2. The number of carbonyl (C=O) groups is 4. The van der Waals surface area contributed by atoms with E-state index in [1.807, 2.05) is 0 Å². The van der Waals surface area contributed by atoms with Crippen LogP contribution in [0.25, 0.3) is 0 Å². The molecule has 1 aliphatic heterocycles. The number of nitrogens with one attached hydrogen (secondary N) is 2. The predicted molar refractivity (Wildman–Crippen MR) is 116 cm³/mol. The van der Waals surface area contributed by atoms with Crippen LogP contribution in [0.4, 0.5) is 5.00 Å². The van der Waals surface area contributed by atoms with Gasteiger partial charge >= 0.3 is 17.8 Å². The van der Waals surface area contributed by atoms with Gasteiger partial charge < -0.3 is 25.6 Å². The number of amides is 2. The van der Waals surface area contributed by atoms with Gasteiger partial charge in [0.05, 0.1) is 23.5 Å². The summed E-state index contributed by atoms with van der Waals surface area (Å²) in [5, 5.41) is 23.0. The molecule has 1 aromatic carbocycles.